The van der Waals surface area contributed by atoms with Crippen molar-refractivity contribution in [2.24, 2.45) is 5.73 Å². The Balaban J connectivity index is 0.00000300. The fourth-order valence-corrected chi connectivity index (χ4v) is 3.01. The fourth-order valence-electron chi connectivity index (χ4n) is 3.01. The summed E-state index contributed by atoms with van der Waals surface area (Å²) in [4.78, 5) is 13.6. The Morgan fingerprint density at radius 3 is 2.41 bits per heavy atom. The Hall–Kier alpha value is -2.34. The first-order valence-corrected chi connectivity index (χ1v) is 8.22. The lowest BCUT2D eigenvalue weighted by Gasteiger charge is -2.29. The van der Waals surface area contributed by atoms with Crippen LogP contribution in [0.5, 0.6) is 0 Å². The second-order valence-corrected chi connectivity index (χ2v) is 6.43. The van der Waals surface area contributed by atoms with Crippen LogP contribution in [-0.2, 0) is 30.5 Å². The zero-order valence-electron chi connectivity index (χ0n) is 14.7. The molecule has 3 rings (SSSR count). The highest BCUT2D eigenvalue weighted by atomic mass is 35.5. The Morgan fingerprint density at radius 1 is 1.10 bits per heavy atom. The molecule has 0 spiro atoms. The minimum Gasteiger partial charge on any atom is -0.333 e. The molecule has 2 aromatic rings. The highest BCUT2D eigenvalue weighted by molar-refractivity contribution is 5.85. The van der Waals surface area contributed by atoms with Crippen molar-refractivity contribution in [3.63, 3.8) is 0 Å². The van der Waals surface area contributed by atoms with Gasteiger partial charge in [-0.2, -0.15) is 13.2 Å². The summed E-state index contributed by atoms with van der Waals surface area (Å²) in [7, 11) is 0. The van der Waals surface area contributed by atoms with Crippen molar-refractivity contribution in [1.29, 1.82) is 0 Å². The minimum atomic E-state index is -4.64. The highest BCUT2D eigenvalue weighted by Crippen LogP contribution is 2.29. The molecule has 2 N–H and O–H groups in total. The van der Waals surface area contributed by atoms with E-state index in [0.29, 0.717) is 12.1 Å². The summed E-state index contributed by atoms with van der Waals surface area (Å²) in [6, 6.07) is 0.184. The zero-order chi connectivity index (χ0) is 20.6. The van der Waals surface area contributed by atoms with Gasteiger partial charge in [-0.15, -0.1) is 22.6 Å². The largest absolute Gasteiger partial charge is 0.451 e. The second kappa shape index (κ2) is 8.57. The average molecular weight is 444 g/mol. The topological polar surface area (TPSA) is 77.0 Å². The van der Waals surface area contributed by atoms with Crippen LogP contribution in [0.25, 0.3) is 0 Å². The summed E-state index contributed by atoms with van der Waals surface area (Å²) in [5.74, 6) is -5.15. The maximum absolute atomic E-state index is 13.7. The lowest BCUT2D eigenvalue weighted by atomic mass is 10.0. The van der Waals surface area contributed by atoms with Crippen LogP contribution in [0.4, 0.5) is 26.3 Å². The van der Waals surface area contributed by atoms with Crippen LogP contribution in [0.3, 0.4) is 0 Å². The molecule has 0 radical (unpaired) electrons. The third-order valence-corrected chi connectivity index (χ3v) is 4.37. The normalized spacial score (nSPS) is 14.9. The van der Waals surface area contributed by atoms with Crippen molar-refractivity contribution in [3.05, 3.63) is 46.8 Å². The smallest absolute Gasteiger partial charge is 0.333 e. The molecule has 1 aliphatic heterocycles. The van der Waals surface area contributed by atoms with E-state index in [1.54, 1.807) is 0 Å². The SMILES string of the molecule is Cl.NC(CC(=O)N1CCn2c(nnc2C(F)(F)F)C1)Cc1cc(F)c(F)cc1F. The van der Waals surface area contributed by atoms with Crippen LogP contribution in [0.15, 0.2) is 12.1 Å². The molecule has 0 saturated heterocycles. The van der Waals surface area contributed by atoms with E-state index in [4.69, 9.17) is 5.73 Å². The number of carbonyl (C=O) groups excluding carboxylic acids is 1. The first-order chi connectivity index (χ1) is 13.1. The van der Waals surface area contributed by atoms with Crippen molar-refractivity contribution in [2.75, 3.05) is 6.54 Å². The number of fused-ring (bicyclic) bond motifs is 1. The predicted molar refractivity (Wildman–Crippen MR) is 90.3 cm³/mol. The molecule has 0 bridgehead atoms. The van der Waals surface area contributed by atoms with E-state index < -0.39 is 41.4 Å². The molecule has 1 aromatic carbocycles. The number of aromatic nitrogens is 3. The highest BCUT2D eigenvalue weighted by Gasteiger charge is 2.39. The van der Waals surface area contributed by atoms with Gasteiger partial charge in [0.05, 0.1) is 6.54 Å². The number of hydrogen-bond acceptors (Lipinski definition) is 4. The van der Waals surface area contributed by atoms with Crippen LogP contribution < -0.4 is 5.73 Å². The van der Waals surface area contributed by atoms with Crippen LogP contribution in [0.1, 0.15) is 23.6 Å². The van der Waals surface area contributed by atoms with Gasteiger partial charge in [0, 0.05) is 31.6 Å². The molecule has 160 valence electrons. The number of halogens is 7. The Kier molecular flexibility index (Phi) is 6.78. The summed E-state index contributed by atoms with van der Waals surface area (Å²) in [6.07, 6.45) is -5.11. The molecule has 0 saturated carbocycles. The lowest BCUT2D eigenvalue weighted by Crippen LogP contribution is -2.42. The summed E-state index contributed by atoms with van der Waals surface area (Å²) >= 11 is 0. The molecular weight excluding hydrogens is 428 g/mol. The minimum absolute atomic E-state index is 0. The number of amides is 1. The number of nitrogens with zero attached hydrogens (tertiary/aromatic N) is 4. The van der Waals surface area contributed by atoms with E-state index in [9.17, 15) is 31.1 Å². The molecule has 1 aromatic heterocycles. The predicted octanol–water partition coefficient (Wildman–Crippen LogP) is 2.44. The molecule has 29 heavy (non-hydrogen) atoms. The Morgan fingerprint density at radius 2 is 1.76 bits per heavy atom. The second-order valence-electron chi connectivity index (χ2n) is 6.43. The zero-order valence-corrected chi connectivity index (χ0v) is 15.5. The molecule has 13 heteroatoms. The van der Waals surface area contributed by atoms with Gasteiger partial charge in [-0.1, -0.05) is 0 Å². The van der Waals surface area contributed by atoms with Crippen molar-refractivity contribution in [3.8, 4) is 0 Å². The van der Waals surface area contributed by atoms with Gasteiger partial charge in [-0.05, 0) is 18.1 Å². The van der Waals surface area contributed by atoms with Crippen LogP contribution in [0, 0.1) is 17.5 Å². The van der Waals surface area contributed by atoms with E-state index >= 15 is 0 Å². The van der Waals surface area contributed by atoms with E-state index in [1.165, 1.54) is 4.90 Å². The van der Waals surface area contributed by atoms with Gasteiger partial charge in [-0.3, -0.25) is 4.79 Å². The van der Waals surface area contributed by atoms with Crippen molar-refractivity contribution in [2.45, 2.75) is 38.1 Å². The molecule has 1 unspecified atom stereocenters. The maximum atomic E-state index is 13.7. The van der Waals surface area contributed by atoms with E-state index in [2.05, 4.69) is 10.2 Å². The van der Waals surface area contributed by atoms with Crippen molar-refractivity contribution < 1.29 is 31.1 Å². The quantitative estimate of drug-likeness (QED) is 0.581. The summed E-state index contributed by atoms with van der Waals surface area (Å²) in [6.45, 7) is -0.302. The number of carbonyl (C=O) groups is 1. The van der Waals surface area contributed by atoms with Crippen LogP contribution in [-0.4, -0.2) is 38.2 Å². The van der Waals surface area contributed by atoms with Gasteiger partial charge in [0.2, 0.25) is 11.7 Å². The fraction of sp³-hybridized carbons (Fsp3) is 0.438. The molecular formula is C16H16ClF6N5O. The molecule has 0 aliphatic carbocycles. The van der Waals surface area contributed by atoms with E-state index in [-0.39, 0.29) is 56.3 Å². The van der Waals surface area contributed by atoms with Gasteiger partial charge in [0.15, 0.2) is 17.5 Å². The van der Waals surface area contributed by atoms with Gasteiger partial charge in [0.25, 0.3) is 0 Å². The maximum Gasteiger partial charge on any atom is 0.451 e. The number of rotatable bonds is 4. The van der Waals surface area contributed by atoms with Gasteiger partial charge >= 0.3 is 6.18 Å². The number of nitrogens with two attached hydrogens (primary N) is 1. The Labute approximate surface area is 167 Å². The van der Waals surface area contributed by atoms with Crippen LogP contribution >= 0.6 is 12.4 Å². The number of hydrogen-bond donors (Lipinski definition) is 1. The van der Waals surface area contributed by atoms with Gasteiger partial charge in [0.1, 0.15) is 5.82 Å². The first kappa shape index (κ1) is 22.9. The third-order valence-electron chi connectivity index (χ3n) is 4.37. The summed E-state index contributed by atoms with van der Waals surface area (Å²) in [5, 5.41) is 6.60. The number of alkyl halides is 3. The summed E-state index contributed by atoms with van der Waals surface area (Å²) in [5.41, 5.74) is 5.64. The number of benzene rings is 1. The molecule has 0 fully saturated rings. The summed E-state index contributed by atoms with van der Waals surface area (Å²) < 4.78 is 79.3. The van der Waals surface area contributed by atoms with E-state index in [1.807, 2.05) is 0 Å². The molecule has 1 aliphatic rings. The van der Waals surface area contributed by atoms with Crippen molar-refractivity contribution in [1.82, 2.24) is 19.7 Å². The van der Waals surface area contributed by atoms with Gasteiger partial charge in [-0.25, -0.2) is 13.2 Å². The van der Waals surface area contributed by atoms with Crippen molar-refractivity contribution >= 4 is 18.3 Å². The standard InChI is InChI=1S/C16H15F6N5O.ClH/c17-10-6-12(19)11(18)4-8(10)3-9(23)5-14(28)26-1-2-27-13(7-26)24-25-15(27)16(20,21)22;/h4,6,9H,1-3,5,7,23H2;1H. The third kappa shape index (κ3) is 4.99. The molecule has 6 nitrogen and oxygen atoms in total. The Bertz CT molecular complexity index is 903. The first-order valence-electron chi connectivity index (χ1n) is 8.22. The van der Waals surface area contributed by atoms with E-state index in [0.717, 1.165) is 4.57 Å². The average Bonchev–Trinajstić information content (AvgIpc) is 3.03. The lowest BCUT2D eigenvalue weighted by molar-refractivity contribution is -0.148. The van der Waals surface area contributed by atoms with Gasteiger partial charge < -0.3 is 15.2 Å². The monoisotopic (exact) mass is 443 g/mol. The molecule has 2 heterocycles. The molecule has 1 amide bonds. The van der Waals surface area contributed by atoms with Crippen LogP contribution in [0.2, 0.25) is 0 Å². The molecule has 1 atom stereocenters.